The second kappa shape index (κ2) is 6.05. The quantitative estimate of drug-likeness (QED) is 0.481. The van der Waals surface area contributed by atoms with E-state index in [1.54, 1.807) is 0 Å². The van der Waals surface area contributed by atoms with Crippen molar-refractivity contribution < 1.29 is 22.7 Å². The summed E-state index contributed by atoms with van der Waals surface area (Å²) < 4.78 is 42.8. The summed E-state index contributed by atoms with van der Waals surface area (Å²) >= 11 is 0. The van der Waals surface area contributed by atoms with E-state index in [1.165, 1.54) is 31.2 Å². The van der Waals surface area contributed by atoms with E-state index in [2.05, 4.69) is 4.74 Å². The molecule has 0 N–H and O–H groups in total. The van der Waals surface area contributed by atoms with Gasteiger partial charge < -0.3 is 4.74 Å². The van der Waals surface area contributed by atoms with Gasteiger partial charge in [0.05, 0.1) is 12.2 Å². The molecule has 0 radical (unpaired) electrons. The van der Waals surface area contributed by atoms with Gasteiger partial charge in [0.1, 0.15) is 11.6 Å². The molecule has 0 aliphatic rings. The highest BCUT2D eigenvalue weighted by atomic mass is 19.4. The topological polar surface area (TPSA) is 50.1 Å². The molecule has 0 spiro atoms. The fourth-order valence-corrected chi connectivity index (χ4v) is 1.38. The van der Waals surface area contributed by atoms with Crippen molar-refractivity contribution in [2.75, 3.05) is 6.61 Å². The van der Waals surface area contributed by atoms with Gasteiger partial charge in [-0.05, 0) is 24.6 Å². The lowest BCUT2D eigenvalue weighted by Gasteiger charge is -2.10. The molecule has 0 aromatic heterocycles. The Morgan fingerprint density at radius 3 is 2.58 bits per heavy atom. The van der Waals surface area contributed by atoms with Gasteiger partial charge in [-0.25, -0.2) is 4.79 Å². The molecule has 1 aromatic rings. The maximum absolute atomic E-state index is 12.7. The monoisotopic (exact) mass is 269 g/mol. The minimum Gasteiger partial charge on any atom is -0.462 e. The molecular formula is C13H10F3NO2. The van der Waals surface area contributed by atoms with Crippen molar-refractivity contribution in [3.8, 4) is 6.07 Å². The Labute approximate surface area is 107 Å². The summed E-state index contributed by atoms with van der Waals surface area (Å²) in [5.74, 6) is -0.943. The molecule has 0 saturated heterocycles. The molecular weight excluding hydrogens is 259 g/mol. The first-order chi connectivity index (χ1) is 8.90. The normalized spacial score (nSPS) is 11.8. The first kappa shape index (κ1) is 14.8. The fraction of sp³-hybridized carbons (Fsp3) is 0.231. The van der Waals surface area contributed by atoms with Gasteiger partial charge in [0.2, 0.25) is 0 Å². The summed E-state index contributed by atoms with van der Waals surface area (Å²) in [6.07, 6.45) is -3.68. The van der Waals surface area contributed by atoms with Crippen LogP contribution in [0.3, 0.4) is 0 Å². The van der Waals surface area contributed by atoms with Crippen LogP contribution >= 0.6 is 0 Å². The average Bonchev–Trinajstić information content (AvgIpc) is 2.35. The smallest absolute Gasteiger partial charge is 0.416 e. The minimum atomic E-state index is -4.55. The molecule has 19 heavy (non-hydrogen) atoms. The number of ether oxygens (including phenoxy) is 1. The fourth-order valence-electron chi connectivity index (χ4n) is 1.38. The Balaban J connectivity index is 3.24. The Morgan fingerprint density at radius 1 is 1.42 bits per heavy atom. The molecule has 0 amide bonds. The van der Waals surface area contributed by atoms with Gasteiger partial charge in [0.15, 0.2) is 0 Å². The Kier molecular flexibility index (Phi) is 4.70. The van der Waals surface area contributed by atoms with E-state index in [4.69, 9.17) is 5.26 Å². The number of esters is 1. The number of nitriles is 1. The molecule has 0 fully saturated rings. The standard InChI is InChI=1S/C13H10F3NO2/c1-2-19-12(18)10(8-17)7-9-5-3-4-6-11(9)13(14,15)16/h3-7H,2H2,1H3. The molecule has 100 valence electrons. The third kappa shape index (κ3) is 3.85. The lowest BCUT2D eigenvalue weighted by Crippen LogP contribution is -2.09. The summed E-state index contributed by atoms with van der Waals surface area (Å²) in [4.78, 5) is 11.3. The average molecular weight is 269 g/mol. The van der Waals surface area contributed by atoms with Gasteiger partial charge in [0, 0.05) is 0 Å². The Morgan fingerprint density at radius 2 is 2.05 bits per heavy atom. The number of carbonyl (C=O) groups is 1. The van der Waals surface area contributed by atoms with Crippen molar-refractivity contribution in [2.45, 2.75) is 13.1 Å². The number of nitrogens with zero attached hydrogens (tertiary/aromatic N) is 1. The lowest BCUT2D eigenvalue weighted by molar-refractivity contribution is -0.139. The van der Waals surface area contributed by atoms with E-state index in [0.29, 0.717) is 0 Å². The van der Waals surface area contributed by atoms with Crippen molar-refractivity contribution in [3.05, 3.63) is 41.0 Å². The van der Waals surface area contributed by atoms with Crippen LogP contribution in [0.1, 0.15) is 18.1 Å². The molecule has 3 nitrogen and oxygen atoms in total. The highest BCUT2D eigenvalue weighted by Crippen LogP contribution is 2.32. The third-order valence-electron chi connectivity index (χ3n) is 2.18. The molecule has 0 unspecified atom stereocenters. The van der Waals surface area contributed by atoms with E-state index >= 15 is 0 Å². The number of benzene rings is 1. The number of alkyl halides is 3. The maximum atomic E-state index is 12.7. The molecule has 6 heteroatoms. The van der Waals surface area contributed by atoms with Crippen LogP contribution in [0.15, 0.2) is 29.8 Å². The van der Waals surface area contributed by atoms with Crippen LogP contribution in [-0.2, 0) is 15.7 Å². The summed E-state index contributed by atoms with van der Waals surface area (Å²) in [5.41, 5.74) is -1.63. The molecule has 1 aromatic carbocycles. The van der Waals surface area contributed by atoms with Crippen LogP contribution < -0.4 is 0 Å². The van der Waals surface area contributed by atoms with Crippen LogP contribution in [0.5, 0.6) is 0 Å². The number of hydrogen-bond acceptors (Lipinski definition) is 3. The highest BCUT2D eigenvalue weighted by molar-refractivity contribution is 5.98. The van der Waals surface area contributed by atoms with E-state index in [1.807, 2.05) is 0 Å². The first-order valence-corrected chi connectivity index (χ1v) is 5.35. The number of halogens is 3. The summed E-state index contributed by atoms with van der Waals surface area (Å²) in [5, 5.41) is 8.78. The molecule has 0 aliphatic heterocycles. The van der Waals surface area contributed by atoms with E-state index in [9.17, 15) is 18.0 Å². The zero-order valence-corrected chi connectivity index (χ0v) is 9.99. The van der Waals surface area contributed by atoms with Gasteiger partial charge in [-0.1, -0.05) is 18.2 Å². The number of carbonyl (C=O) groups excluding carboxylic acids is 1. The second-order valence-electron chi connectivity index (χ2n) is 3.48. The summed E-state index contributed by atoms with van der Waals surface area (Å²) in [6.45, 7) is 1.58. The SMILES string of the molecule is CCOC(=O)C(C#N)=Cc1ccccc1C(F)(F)F. The molecule has 0 aliphatic carbocycles. The van der Waals surface area contributed by atoms with E-state index in [-0.39, 0.29) is 12.2 Å². The van der Waals surface area contributed by atoms with Gasteiger partial charge in [0.25, 0.3) is 0 Å². The van der Waals surface area contributed by atoms with Crippen molar-refractivity contribution in [2.24, 2.45) is 0 Å². The predicted molar refractivity (Wildman–Crippen MR) is 61.7 cm³/mol. The van der Waals surface area contributed by atoms with Crippen LogP contribution in [0.2, 0.25) is 0 Å². The summed E-state index contributed by atoms with van der Waals surface area (Å²) in [6, 6.07) is 6.22. The van der Waals surface area contributed by atoms with Gasteiger partial charge in [-0.15, -0.1) is 0 Å². The maximum Gasteiger partial charge on any atom is 0.416 e. The van der Waals surface area contributed by atoms with Gasteiger partial charge in [-0.3, -0.25) is 0 Å². The third-order valence-corrected chi connectivity index (χ3v) is 2.18. The minimum absolute atomic E-state index is 0.0404. The molecule has 0 atom stereocenters. The molecule has 0 bridgehead atoms. The van der Waals surface area contributed by atoms with Crippen LogP contribution in [0, 0.1) is 11.3 Å². The molecule has 0 saturated carbocycles. The van der Waals surface area contributed by atoms with Gasteiger partial charge >= 0.3 is 12.1 Å². The zero-order chi connectivity index (χ0) is 14.5. The van der Waals surface area contributed by atoms with Crippen molar-refractivity contribution in [1.29, 1.82) is 5.26 Å². The van der Waals surface area contributed by atoms with Crippen LogP contribution in [-0.4, -0.2) is 12.6 Å². The summed E-state index contributed by atoms with van der Waals surface area (Å²) in [7, 11) is 0. The van der Waals surface area contributed by atoms with E-state index < -0.39 is 23.3 Å². The zero-order valence-electron chi connectivity index (χ0n) is 9.99. The highest BCUT2D eigenvalue weighted by Gasteiger charge is 2.32. The first-order valence-electron chi connectivity index (χ1n) is 5.35. The molecule has 1 rings (SSSR count). The number of hydrogen-bond donors (Lipinski definition) is 0. The van der Waals surface area contributed by atoms with Crippen LogP contribution in [0.4, 0.5) is 13.2 Å². The van der Waals surface area contributed by atoms with Gasteiger partial charge in [-0.2, -0.15) is 18.4 Å². The Bertz CT molecular complexity index is 542. The van der Waals surface area contributed by atoms with Crippen molar-refractivity contribution >= 4 is 12.0 Å². The van der Waals surface area contributed by atoms with E-state index in [0.717, 1.165) is 12.1 Å². The van der Waals surface area contributed by atoms with Crippen molar-refractivity contribution in [3.63, 3.8) is 0 Å². The molecule has 0 heterocycles. The van der Waals surface area contributed by atoms with Crippen LogP contribution in [0.25, 0.3) is 6.08 Å². The lowest BCUT2D eigenvalue weighted by atomic mass is 10.0. The largest absolute Gasteiger partial charge is 0.462 e. The second-order valence-corrected chi connectivity index (χ2v) is 3.48. The number of rotatable bonds is 3. The Hall–Kier alpha value is -2.29. The predicted octanol–water partition coefficient (Wildman–Crippen LogP) is 3.18. The van der Waals surface area contributed by atoms with Crippen molar-refractivity contribution in [1.82, 2.24) is 0 Å².